The number of aliphatic hydroxyl groups is 1. The molecule has 0 amide bonds. The van der Waals surface area contributed by atoms with Crippen LogP contribution in [0.25, 0.3) is 0 Å². The molecule has 0 saturated heterocycles. The second-order valence-electron chi connectivity index (χ2n) is 5.06. The van der Waals surface area contributed by atoms with Gasteiger partial charge in [-0.1, -0.05) is 18.9 Å². The maximum absolute atomic E-state index is 10.1. The highest BCUT2D eigenvalue weighted by atomic mass is 16.3. The Kier molecular flexibility index (Phi) is 6.13. The number of aliphatic hydroxyl groups excluding tert-OH is 1. The van der Waals surface area contributed by atoms with Crippen LogP contribution < -0.4 is 0 Å². The monoisotopic (exact) mass is 250 g/mol. The fourth-order valence-corrected chi connectivity index (χ4v) is 2.30. The molecule has 1 aromatic rings. The molecule has 0 saturated carbocycles. The van der Waals surface area contributed by atoms with Crippen LogP contribution >= 0.6 is 0 Å². The van der Waals surface area contributed by atoms with Gasteiger partial charge in [-0.2, -0.15) is 5.10 Å². The lowest BCUT2D eigenvalue weighted by atomic mass is 10.0. The first-order chi connectivity index (χ1) is 8.56. The number of hydrogen-bond donors (Lipinski definition) is 1. The molecule has 0 aliphatic heterocycles. The van der Waals surface area contributed by atoms with Gasteiger partial charge in [0.15, 0.2) is 0 Å². The van der Waals surface area contributed by atoms with Crippen molar-refractivity contribution in [3.8, 4) is 0 Å². The Labute approximate surface area is 111 Å². The third-order valence-corrected chi connectivity index (χ3v) is 3.54. The molecule has 0 radical (unpaired) electrons. The maximum Gasteiger partial charge on any atom is 0.0629 e. The van der Waals surface area contributed by atoms with Crippen molar-refractivity contribution in [1.29, 1.82) is 0 Å². The van der Waals surface area contributed by atoms with Crippen molar-refractivity contribution >= 4 is 0 Å². The number of allylic oxidation sites excluding steroid dienone is 1. The van der Waals surface area contributed by atoms with Gasteiger partial charge in [-0.15, -0.1) is 6.58 Å². The van der Waals surface area contributed by atoms with Crippen molar-refractivity contribution in [2.45, 2.75) is 58.5 Å². The Morgan fingerprint density at radius 3 is 2.61 bits per heavy atom. The third-order valence-electron chi connectivity index (χ3n) is 3.54. The van der Waals surface area contributed by atoms with E-state index in [4.69, 9.17) is 0 Å². The van der Waals surface area contributed by atoms with Crippen LogP contribution in [0.1, 0.15) is 49.1 Å². The molecule has 1 rings (SSSR count). The zero-order chi connectivity index (χ0) is 13.5. The fourth-order valence-electron chi connectivity index (χ4n) is 2.30. The summed E-state index contributed by atoms with van der Waals surface area (Å²) in [5.41, 5.74) is 3.41. The van der Waals surface area contributed by atoms with E-state index >= 15 is 0 Å². The number of aryl methyl sites for hydroxylation is 2. The normalized spacial score (nSPS) is 12.7. The van der Waals surface area contributed by atoms with Crippen molar-refractivity contribution in [2.75, 3.05) is 0 Å². The van der Waals surface area contributed by atoms with E-state index in [0.29, 0.717) is 0 Å². The first-order valence-electron chi connectivity index (χ1n) is 6.84. The quantitative estimate of drug-likeness (QED) is 0.569. The van der Waals surface area contributed by atoms with Crippen LogP contribution in [0.4, 0.5) is 0 Å². The Hall–Kier alpha value is -1.09. The van der Waals surface area contributed by atoms with Crippen molar-refractivity contribution < 1.29 is 5.11 Å². The average molecular weight is 250 g/mol. The molecule has 0 aliphatic rings. The summed E-state index contributed by atoms with van der Waals surface area (Å²) in [6.07, 6.45) is 7.85. The highest BCUT2D eigenvalue weighted by molar-refractivity contribution is 5.24. The third kappa shape index (κ3) is 4.30. The molecule has 1 N–H and O–H groups in total. The van der Waals surface area contributed by atoms with Crippen molar-refractivity contribution in [1.82, 2.24) is 9.78 Å². The van der Waals surface area contributed by atoms with Crippen LogP contribution in [-0.4, -0.2) is 21.0 Å². The van der Waals surface area contributed by atoms with Crippen LogP contribution in [0, 0.1) is 13.8 Å². The number of nitrogens with zero attached hydrogens (tertiary/aromatic N) is 2. The minimum absolute atomic E-state index is 0.240. The predicted molar refractivity (Wildman–Crippen MR) is 75.7 cm³/mol. The van der Waals surface area contributed by atoms with Crippen molar-refractivity contribution in [3.05, 3.63) is 29.6 Å². The standard InChI is InChI=1S/C15H26N2O/c1-5-6-7-8-9-10-14(18)11-15-12(2)16-17(4)13(15)3/h5,14,18H,1,6-11H2,2-4H3. The summed E-state index contributed by atoms with van der Waals surface area (Å²) < 4.78 is 1.89. The molecule has 0 aliphatic carbocycles. The first-order valence-corrected chi connectivity index (χ1v) is 6.84. The smallest absolute Gasteiger partial charge is 0.0629 e. The molecule has 0 fully saturated rings. The molecule has 0 bridgehead atoms. The lowest BCUT2D eigenvalue weighted by Gasteiger charge is -2.10. The lowest BCUT2D eigenvalue weighted by Crippen LogP contribution is -2.11. The summed E-state index contributed by atoms with van der Waals surface area (Å²) in [7, 11) is 1.95. The molecule has 3 heteroatoms. The van der Waals surface area contributed by atoms with Gasteiger partial charge in [0.2, 0.25) is 0 Å². The van der Waals surface area contributed by atoms with E-state index in [1.54, 1.807) is 0 Å². The molecular weight excluding hydrogens is 224 g/mol. The zero-order valence-electron chi connectivity index (χ0n) is 11.9. The highest BCUT2D eigenvalue weighted by Gasteiger charge is 2.13. The average Bonchev–Trinajstić information content (AvgIpc) is 2.56. The highest BCUT2D eigenvalue weighted by Crippen LogP contribution is 2.16. The number of unbranched alkanes of at least 4 members (excludes halogenated alkanes) is 3. The molecular formula is C15H26N2O. The number of aromatic nitrogens is 2. The van der Waals surface area contributed by atoms with Crippen LogP contribution in [0.2, 0.25) is 0 Å². The second kappa shape index (κ2) is 7.37. The number of rotatable bonds is 8. The first kappa shape index (κ1) is 15.0. The van der Waals surface area contributed by atoms with E-state index in [2.05, 4.69) is 18.6 Å². The van der Waals surface area contributed by atoms with Crippen LogP contribution in [0.3, 0.4) is 0 Å². The molecule has 1 aromatic heterocycles. The van der Waals surface area contributed by atoms with E-state index in [0.717, 1.165) is 31.4 Å². The van der Waals surface area contributed by atoms with Crippen molar-refractivity contribution in [2.24, 2.45) is 7.05 Å². The molecule has 1 atom stereocenters. The van der Waals surface area contributed by atoms with Crippen molar-refractivity contribution in [3.63, 3.8) is 0 Å². The van der Waals surface area contributed by atoms with E-state index in [1.807, 2.05) is 24.7 Å². The molecule has 18 heavy (non-hydrogen) atoms. The molecule has 1 heterocycles. The largest absolute Gasteiger partial charge is 0.393 e. The van der Waals surface area contributed by atoms with Gasteiger partial charge in [0.25, 0.3) is 0 Å². The Morgan fingerprint density at radius 1 is 1.33 bits per heavy atom. The Morgan fingerprint density at radius 2 is 2.06 bits per heavy atom. The summed E-state index contributed by atoms with van der Waals surface area (Å²) in [6.45, 7) is 7.79. The van der Waals surface area contributed by atoms with Crippen LogP contribution in [0.15, 0.2) is 12.7 Å². The van der Waals surface area contributed by atoms with E-state index in [1.165, 1.54) is 24.1 Å². The molecule has 0 spiro atoms. The van der Waals surface area contributed by atoms with Gasteiger partial charge in [-0.3, -0.25) is 4.68 Å². The Bertz CT molecular complexity index is 382. The predicted octanol–water partition coefficient (Wildman–Crippen LogP) is 3.08. The summed E-state index contributed by atoms with van der Waals surface area (Å²) in [4.78, 5) is 0. The van der Waals surface area contributed by atoms with Gasteiger partial charge in [0.05, 0.1) is 11.8 Å². The van der Waals surface area contributed by atoms with Crippen LogP contribution in [0.5, 0.6) is 0 Å². The van der Waals surface area contributed by atoms with Crippen LogP contribution in [-0.2, 0) is 13.5 Å². The van der Waals surface area contributed by atoms with Gasteiger partial charge in [0, 0.05) is 19.2 Å². The summed E-state index contributed by atoms with van der Waals surface area (Å²) in [6, 6.07) is 0. The Balaban J connectivity index is 2.35. The topological polar surface area (TPSA) is 38.1 Å². The van der Waals surface area contributed by atoms with Gasteiger partial charge in [0.1, 0.15) is 0 Å². The van der Waals surface area contributed by atoms with E-state index < -0.39 is 0 Å². The van der Waals surface area contributed by atoms with E-state index in [-0.39, 0.29) is 6.10 Å². The van der Waals surface area contributed by atoms with Gasteiger partial charge in [-0.05, 0) is 38.7 Å². The maximum atomic E-state index is 10.1. The summed E-state index contributed by atoms with van der Waals surface area (Å²) >= 11 is 0. The molecule has 1 unspecified atom stereocenters. The van der Waals surface area contributed by atoms with E-state index in [9.17, 15) is 5.11 Å². The fraction of sp³-hybridized carbons (Fsp3) is 0.667. The zero-order valence-corrected chi connectivity index (χ0v) is 11.9. The second-order valence-corrected chi connectivity index (χ2v) is 5.06. The van der Waals surface area contributed by atoms with Gasteiger partial charge >= 0.3 is 0 Å². The summed E-state index contributed by atoms with van der Waals surface area (Å²) in [5, 5.41) is 14.4. The van der Waals surface area contributed by atoms with Gasteiger partial charge < -0.3 is 5.11 Å². The number of hydrogen-bond acceptors (Lipinski definition) is 2. The minimum Gasteiger partial charge on any atom is -0.393 e. The molecule has 102 valence electrons. The molecule has 3 nitrogen and oxygen atoms in total. The van der Waals surface area contributed by atoms with Gasteiger partial charge in [-0.25, -0.2) is 0 Å². The SMILES string of the molecule is C=CCCCCCC(O)Cc1c(C)nn(C)c1C. The summed E-state index contributed by atoms with van der Waals surface area (Å²) in [5.74, 6) is 0. The molecule has 0 aromatic carbocycles. The lowest BCUT2D eigenvalue weighted by molar-refractivity contribution is 0.160. The minimum atomic E-state index is -0.240.